The number of hydrogen-bond acceptors (Lipinski definition) is 1. The van der Waals surface area contributed by atoms with Gasteiger partial charge in [0.15, 0.2) is 0 Å². The van der Waals surface area contributed by atoms with Crippen LogP contribution >= 0.6 is 15.9 Å². The van der Waals surface area contributed by atoms with Crippen LogP contribution in [0.15, 0.2) is 16.6 Å². The zero-order chi connectivity index (χ0) is 13.8. The lowest BCUT2D eigenvalue weighted by molar-refractivity contribution is 0.389. The van der Waals surface area contributed by atoms with E-state index < -0.39 is 5.82 Å². The van der Waals surface area contributed by atoms with E-state index in [1.807, 2.05) is 6.92 Å². The molecule has 4 heteroatoms. The molecule has 0 spiro atoms. The Kier molecular flexibility index (Phi) is 5.34. The SMILES string of the molecule is CCNC(CC1CCCC1)c1cc(F)c(Br)cc1F. The van der Waals surface area contributed by atoms with E-state index in [4.69, 9.17) is 0 Å². The van der Waals surface area contributed by atoms with Gasteiger partial charge in [0, 0.05) is 11.6 Å². The molecule has 1 unspecified atom stereocenters. The fraction of sp³-hybridized carbons (Fsp3) is 0.600. The quantitative estimate of drug-likeness (QED) is 0.752. The molecule has 1 N–H and O–H groups in total. The van der Waals surface area contributed by atoms with E-state index >= 15 is 0 Å². The van der Waals surface area contributed by atoms with Crippen molar-refractivity contribution in [2.24, 2.45) is 5.92 Å². The van der Waals surface area contributed by atoms with Crippen molar-refractivity contribution in [1.82, 2.24) is 5.32 Å². The third kappa shape index (κ3) is 3.76. The van der Waals surface area contributed by atoms with Gasteiger partial charge in [0.1, 0.15) is 11.6 Å². The lowest BCUT2D eigenvalue weighted by Gasteiger charge is -2.22. The van der Waals surface area contributed by atoms with Crippen LogP contribution in [0.2, 0.25) is 0 Å². The summed E-state index contributed by atoms with van der Waals surface area (Å²) in [4.78, 5) is 0. The summed E-state index contributed by atoms with van der Waals surface area (Å²) in [6, 6.07) is 2.46. The Morgan fingerprint density at radius 2 is 1.95 bits per heavy atom. The van der Waals surface area contributed by atoms with Gasteiger partial charge in [-0.15, -0.1) is 0 Å². The van der Waals surface area contributed by atoms with Gasteiger partial charge in [-0.2, -0.15) is 0 Å². The summed E-state index contributed by atoms with van der Waals surface area (Å²) in [5.41, 5.74) is 0.453. The highest BCUT2D eigenvalue weighted by Gasteiger charge is 2.23. The zero-order valence-corrected chi connectivity index (χ0v) is 12.8. The minimum atomic E-state index is -0.397. The van der Waals surface area contributed by atoms with Crippen LogP contribution in [-0.4, -0.2) is 6.54 Å². The van der Waals surface area contributed by atoms with Gasteiger partial charge in [0.2, 0.25) is 0 Å². The Labute approximate surface area is 121 Å². The highest BCUT2D eigenvalue weighted by atomic mass is 79.9. The average molecular weight is 332 g/mol. The topological polar surface area (TPSA) is 12.0 Å². The van der Waals surface area contributed by atoms with Crippen molar-refractivity contribution in [2.75, 3.05) is 6.54 Å². The number of nitrogens with one attached hydrogen (secondary N) is 1. The molecule has 1 fully saturated rings. The summed E-state index contributed by atoms with van der Waals surface area (Å²) >= 11 is 3.02. The minimum Gasteiger partial charge on any atom is -0.310 e. The molecule has 1 aromatic carbocycles. The Morgan fingerprint density at radius 1 is 1.26 bits per heavy atom. The molecule has 0 amide bonds. The first-order valence-electron chi connectivity index (χ1n) is 6.99. The Bertz CT molecular complexity index is 430. The molecule has 1 atom stereocenters. The normalized spacial score (nSPS) is 17.9. The van der Waals surface area contributed by atoms with Crippen LogP contribution < -0.4 is 5.32 Å². The summed E-state index contributed by atoms with van der Waals surface area (Å²) < 4.78 is 27.9. The van der Waals surface area contributed by atoms with Crippen molar-refractivity contribution in [2.45, 2.75) is 45.1 Å². The summed E-state index contributed by atoms with van der Waals surface area (Å²) in [7, 11) is 0. The van der Waals surface area contributed by atoms with Crippen molar-refractivity contribution < 1.29 is 8.78 Å². The van der Waals surface area contributed by atoms with Crippen molar-refractivity contribution in [3.63, 3.8) is 0 Å². The molecule has 0 saturated heterocycles. The van der Waals surface area contributed by atoms with Gasteiger partial charge < -0.3 is 5.32 Å². The molecule has 1 saturated carbocycles. The van der Waals surface area contributed by atoms with E-state index in [-0.39, 0.29) is 16.3 Å². The van der Waals surface area contributed by atoms with Gasteiger partial charge >= 0.3 is 0 Å². The zero-order valence-electron chi connectivity index (χ0n) is 11.2. The van der Waals surface area contributed by atoms with Crippen molar-refractivity contribution >= 4 is 15.9 Å². The lowest BCUT2D eigenvalue weighted by Crippen LogP contribution is -2.24. The third-order valence-corrected chi connectivity index (χ3v) is 4.52. The Hall–Kier alpha value is -0.480. The van der Waals surface area contributed by atoms with Crippen molar-refractivity contribution in [3.05, 3.63) is 33.8 Å². The minimum absolute atomic E-state index is 0.0873. The number of rotatable bonds is 5. The second-order valence-corrected chi connectivity index (χ2v) is 6.14. The number of benzene rings is 1. The molecule has 0 radical (unpaired) electrons. The van der Waals surface area contributed by atoms with Gasteiger partial charge in [0.05, 0.1) is 4.47 Å². The fourth-order valence-electron chi connectivity index (χ4n) is 2.95. The van der Waals surface area contributed by atoms with Crippen LogP contribution in [-0.2, 0) is 0 Å². The molecule has 1 aliphatic rings. The van der Waals surface area contributed by atoms with Gasteiger partial charge in [-0.25, -0.2) is 8.78 Å². The van der Waals surface area contributed by atoms with E-state index in [2.05, 4.69) is 21.2 Å². The molecule has 0 aliphatic heterocycles. The maximum Gasteiger partial charge on any atom is 0.137 e. The maximum atomic E-state index is 14.0. The van der Waals surface area contributed by atoms with Crippen LogP contribution in [0.5, 0.6) is 0 Å². The number of halogens is 3. The number of hydrogen-bond donors (Lipinski definition) is 1. The van der Waals surface area contributed by atoms with Crippen molar-refractivity contribution in [1.29, 1.82) is 0 Å². The molecule has 0 aromatic heterocycles. The van der Waals surface area contributed by atoms with E-state index in [0.29, 0.717) is 11.5 Å². The second kappa shape index (κ2) is 6.80. The van der Waals surface area contributed by atoms with Gasteiger partial charge in [-0.3, -0.25) is 0 Å². The van der Waals surface area contributed by atoms with E-state index in [1.165, 1.54) is 37.8 Å². The van der Waals surface area contributed by atoms with E-state index in [0.717, 1.165) is 13.0 Å². The summed E-state index contributed by atoms with van der Waals surface area (Å²) in [5, 5.41) is 3.29. The molecular weight excluding hydrogens is 312 g/mol. The summed E-state index contributed by atoms with van der Waals surface area (Å²) in [6.07, 6.45) is 5.85. The molecular formula is C15H20BrF2N. The standard InChI is InChI=1S/C15H20BrF2N/c1-2-19-15(7-10-5-3-4-6-10)11-8-14(18)12(16)9-13(11)17/h8-10,15,19H,2-7H2,1H3. The molecule has 0 bridgehead atoms. The Morgan fingerprint density at radius 3 is 2.58 bits per heavy atom. The van der Waals surface area contributed by atoms with Crippen LogP contribution in [0.1, 0.15) is 50.6 Å². The molecule has 106 valence electrons. The Balaban J connectivity index is 2.19. The first-order chi connectivity index (χ1) is 9.11. The lowest BCUT2D eigenvalue weighted by atomic mass is 9.93. The van der Waals surface area contributed by atoms with Crippen LogP contribution in [0.25, 0.3) is 0 Å². The van der Waals surface area contributed by atoms with Gasteiger partial charge in [0.25, 0.3) is 0 Å². The molecule has 1 aliphatic carbocycles. The molecule has 1 nitrogen and oxygen atoms in total. The predicted octanol–water partition coefficient (Wildman–Crippen LogP) is 4.96. The van der Waals surface area contributed by atoms with E-state index in [9.17, 15) is 8.78 Å². The van der Waals surface area contributed by atoms with Gasteiger partial charge in [-0.05, 0) is 46.9 Å². The fourth-order valence-corrected chi connectivity index (χ4v) is 3.27. The third-order valence-electron chi connectivity index (χ3n) is 3.91. The molecule has 19 heavy (non-hydrogen) atoms. The van der Waals surface area contributed by atoms with Gasteiger partial charge in [-0.1, -0.05) is 32.6 Å². The first-order valence-corrected chi connectivity index (χ1v) is 7.79. The van der Waals surface area contributed by atoms with Crippen LogP contribution in [0.4, 0.5) is 8.78 Å². The van der Waals surface area contributed by atoms with Crippen LogP contribution in [0.3, 0.4) is 0 Å². The van der Waals surface area contributed by atoms with Crippen molar-refractivity contribution in [3.8, 4) is 0 Å². The monoisotopic (exact) mass is 331 g/mol. The maximum absolute atomic E-state index is 14.0. The average Bonchev–Trinajstić information content (AvgIpc) is 2.86. The molecule has 1 aromatic rings. The largest absolute Gasteiger partial charge is 0.310 e. The summed E-state index contributed by atoms with van der Waals surface area (Å²) in [6.45, 7) is 2.75. The first kappa shape index (κ1) is 14.9. The van der Waals surface area contributed by atoms with E-state index in [1.54, 1.807) is 0 Å². The molecule has 0 heterocycles. The highest BCUT2D eigenvalue weighted by molar-refractivity contribution is 9.10. The smallest absolute Gasteiger partial charge is 0.137 e. The van der Waals surface area contributed by atoms with Crippen LogP contribution in [0, 0.1) is 17.6 Å². The molecule has 2 rings (SSSR count). The predicted molar refractivity (Wildman–Crippen MR) is 77.1 cm³/mol. The summed E-state index contributed by atoms with van der Waals surface area (Å²) in [5.74, 6) is -0.0990. The second-order valence-electron chi connectivity index (χ2n) is 5.28. The highest BCUT2D eigenvalue weighted by Crippen LogP contribution is 2.34.